The van der Waals surface area contributed by atoms with Crippen molar-refractivity contribution in [2.45, 2.75) is 6.92 Å². The van der Waals surface area contributed by atoms with Gasteiger partial charge in [-0.15, -0.1) is 0 Å². The summed E-state index contributed by atoms with van der Waals surface area (Å²) in [6.45, 7) is 5.22. The summed E-state index contributed by atoms with van der Waals surface area (Å²) < 4.78 is 22.2. The first-order chi connectivity index (χ1) is 11.0. The van der Waals surface area contributed by atoms with E-state index in [1.165, 1.54) is 21.3 Å². The van der Waals surface area contributed by atoms with Crippen LogP contribution in [0.15, 0.2) is 48.6 Å². The Morgan fingerprint density at radius 2 is 1.61 bits per heavy atom. The Morgan fingerprint density at radius 3 is 2.17 bits per heavy atom. The summed E-state index contributed by atoms with van der Waals surface area (Å²) in [5.41, 5.74) is 0.309. The minimum atomic E-state index is -3.16. The van der Waals surface area contributed by atoms with Crippen molar-refractivity contribution < 1.29 is 22.8 Å². The minimum absolute atomic E-state index is 0.309. The van der Waals surface area contributed by atoms with Crippen LogP contribution in [0.4, 0.5) is 0 Å². The smallest absolute Gasteiger partial charge is 0.422 e. The maximum atomic E-state index is 12.1. The molecular weight excluding hydrogens is 312 g/mol. The van der Waals surface area contributed by atoms with E-state index < -0.39 is 14.8 Å². The van der Waals surface area contributed by atoms with Crippen molar-refractivity contribution in [2.75, 3.05) is 21.3 Å². The number of hydrogen-bond acceptors (Lipinski definition) is 5. The Balaban J connectivity index is 2.73. The lowest BCUT2D eigenvalue weighted by atomic mass is 10.1. The van der Waals surface area contributed by atoms with Gasteiger partial charge in [0.25, 0.3) is 0 Å². The molecule has 2 aromatic rings. The molecule has 0 radical (unpaired) electrons. The number of esters is 1. The Kier molecular flexibility index (Phi) is 5.33. The predicted molar refractivity (Wildman–Crippen MR) is 90.8 cm³/mol. The summed E-state index contributed by atoms with van der Waals surface area (Å²) in [5.74, 6) is -0.123. The van der Waals surface area contributed by atoms with Crippen LogP contribution in [-0.4, -0.2) is 36.1 Å². The number of rotatable bonds is 6. The Labute approximate surface area is 136 Å². The SMILES string of the molecule is C=C(C)C(=O)Oc1c([Si](OC)(OC)OC)ccc2ccccc12. The predicted octanol–water partition coefficient (Wildman–Crippen LogP) is 2.41. The normalized spacial score (nSPS) is 11.5. The third kappa shape index (κ3) is 3.20. The second-order valence-corrected chi connectivity index (χ2v) is 7.88. The fourth-order valence-corrected chi connectivity index (χ4v) is 4.26. The standard InChI is InChI=1S/C17H20O5Si/c1-12(2)17(18)22-16-14-9-7-6-8-13(14)10-11-15(16)23(19-3,20-4)21-5/h6-11H,1H2,2-5H3. The number of ether oxygens (including phenoxy) is 1. The Bertz CT molecular complexity index is 729. The number of carbonyl (C=O) groups excluding carboxylic acids is 1. The van der Waals surface area contributed by atoms with Gasteiger partial charge < -0.3 is 18.0 Å². The van der Waals surface area contributed by atoms with Crippen molar-refractivity contribution in [3.8, 4) is 5.75 Å². The summed E-state index contributed by atoms with van der Waals surface area (Å²) in [7, 11) is 1.37. The van der Waals surface area contributed by atoms with Gasteiger partial charge in [0.1, 0.15) is 5.75 Å². The van der Waals surface area contributed by atoms with Crippen molar-refractivity contribution in [3.05, 3.63) is 48.6 Å². The molecule has 2 rings (SSSR count). The quantitative estimate of drug-likeness (QED) is 0.352. The highest BCUT2D eigenvalue weighted by molar-refractivity contribution is 6.76. The van der Waals surface area contributed by atoms with Gasteiger partial charge in [0.15, 0.2) is 0 Å². The van der Waals surface area contributed by atoms with Gasteiger partial charge in [0.2, 0.25) is 0 Å². The molecule has 0 aliphatic carbocycles. The summed E-state index contributed by atoms with van der Waals surface area (Å²) in [4.78, 5) is 12.1. The Hall–Kier alpha value is -1.99. The van der Waals surface area contributed by atoms with E-state index in [9.17, 15) is 4.79 Å². The lowest BCUT2D eigenvalue weighted by Gasteiger charge is -2.26. The molecule has 0 spiro atoms. The first-order valence-electron chi connectivity index (χ1n) is 7.04. The summed E-state index contributed by atoms with van der Waals surface area (Å²) in [5, 5.41) is 2.31. The van der Waals surface area contributed by atoms with E-state index in [4.69, 9.17) is 18.0 Å². The van der Waals surface area contributed by atoms with E-state index in [-0.39, 0.29) is 0 Å². The zero-order valence-electron chi connectivity index (χ0n) is 13.7. The molecule has 6 heteroatoms. The molecule has 0 bridgehead atoms. The molecule has 0 N–H and O–H groups in total. The number of benzene rings is 2. The molecule has 23 heavy (non-hydrogen) atoms. The monoisotopic (exact) mass is 332 g/mol. The van der Waals surface area contributed by atoms with Gasteiger partial charge in [-0.25, -0.2) is 4.79 Å². The van der Waals surface area contributed by atoms with Crippen molar-refractivity contribution in [3.63, 3.8) is 0 Å². The summed E-state index contributed by atoms with van der Waals surface area (Å²) >= 11 is 0. The lowest BCUT2D eigenvalue weighted by Crippen LogP contribution is -2.55. The first-order valence-corrected chi connectivity index (χ1v) is 8.77. The summed E-state index contributed by atoms with van der Waals surface area (Å²) in [6, 6.07) is 11.3. The second kappa shape index (κ2) is 7.06. The van der Waals surface area contributed by atoms with Gasteiger partial charge in [-0.05, 0) is 12.3 Å². The zero-order valence-corrected chi connectivity index (χ0v) is 14.7. The van der Waals surface area contributed by atoms with Gasteiger partial charge in [-0.1, -0.05) is 43.0 Å². The molecule has 0 unspecified atom stereocenters. The van der Waals surface area contributed by atoms with Gasteiger partial charge in [0.05, 0.1) is 5.19 Å². The van der Waals surface area contributed by atoms with E-state index >= 15 is 0 Å². The van der Waals surface area contributed by atoms with Crippen LogP contribution in [0.5, 0.6) is 5.75 Å². The van der Waals surface area contributed by atoms with Crippen molar-refractivity contribution in [1.29, 1.82) is 0 Å². The van der Waals surface area contributed by atoms with Crippen LogP contribution in [0.2, 0.25) is 0 Å². The molecule has 0 atom stereocenters. The molecule has 0 aliphatic heterocycles. The van der Waals surface area contributed by atoms with Gasteiger partial charge >= 0.3 is 14.8 Å². The summed E-state index contributed by atoms with van der Waals surface area (Å²) in [6.07, 6.45) is 0. The third-order valence-electron chi connectivity index (χ3n) is 3.56. The van der Waals surface area contributed by atoms with Crippen LogP contribution in [0.1, 0.15) is 6.92 Å². The average Bonchev–Trinajstić information content (AvgIpc) is 2.58. The van der Waals surface area contributed by atoms with Crippen LogP contribution in [0.3, 0.4) is 0 Å². The fraction of sp³-hybridized carbons (Fsp3) is 0.235. The molecule has 0 amide bonds. The van der Waals surface area contributed by atoms with E-state index in [1.807, 2.05) is 36.4 Å². The van der Waals surface area contributed by atoms with Gasteiger partial charge in [-0.2, -0.15) is 0 Å². The molecular formula is C17H20O5Si. The molecule has 2 aromatic carbocycles. The Morgan fingerprint density at radius 1 is 1.00 bits per heavy atom. The molecule has 0 aliphatic rings. The number of carbonyl (C=O) groups is 1. The van der Waals surface area contributed by atoms with Crippen molar-refractivity contribution in [2.24, 2.45) is 0 Å². The van der Waals surface area contributed by atoms with E-state index in [1.54, 1.807) is 6.92 Å². The first kappa shape index (κ1) is 17.4. The molecule has 0 saturated carbocycles. The zero-order chi connectivity index (χ0) is 17.0. The van der Waals surface area contributed by atoms with E-state index in [2.05, 4.69) is 6.58 Å². The van der Waals surface area contributed by atoms with Crippen molar-refractivity contribution in [1.82, 2.24) is 0 Å². The minimum Gasteiger partial charge on any atom is -0.422 e. The topological polar surface area (TPSA) is 54.0 Å². The highest BCUT2D eigenvalue weighted by atomic mass is 28.4. The van der Waals surface area contributed by atoms with E-state index in [0.29, 0.717) is 16.5 Å². The maximum absolute atomic E-state index is 12.1. The highest BCUT2D eigenvalue weighted by Crippen LogP contribution is 2.27. The highest BCUT2D eigenvalue weighted by Gasteiger charge is 2.44. The number of hydrogen-bond donors (Lipinski definition) is 0. The van der Waals surface area contributed by atoms with Crippen molar-refractivity contribution >= 4 is 30.7 Å². The van der Waals surface area contributed by atoms with Gasteiger partial charge in [0, 0.05) is 32.3 Å². The van der Waals surface area contributed by atoms with Crippen LogP contribution >= 0.6 is 0 Å². The third-order valence-corrected chi connectivity index (χ3v) is 6.22. The molecule has 0 fully saturated rings. The second-order valence-electron chi connectivity index (χ2n) is 5.00. The molecule has 122 valence electrons. The molecule has 0 saturated heterocycles. The van der Waals surface area contributed by atoms with Crippen LogP contribution in [0.25, 0.3) is 10.8 Å². The number of fused-ring (bicyclic) bond motifs is 1. The average molecular weight is 332 g/mol. The van der Waals surface area contributed by atoms with Crippen LogP contribution in [-0.2, 0) is 18.1 Å². The largest absolute Gasteiger partial charge is 0.540 e. The lowest BCUT2D eigenvalue weighted by molar-refractivity contribution is -0.129. The van der Waals surface area contributed by atoms with Gasteiger partial charge in [-0.3, -0.25) is 0 Å². The molecule has 0 heterocycles. The van der Waals surface area contributed by atoms with Crippen LogP contribution in [0, 0.1) is 0 Å². The molecule has 5 nitrogen and oxygen atoms in total. The fourth-order valence-electron chi connectivity index (χ4n) is 2.35. The van der Waals surface area contributed by atoms with Crippen LogP contribution < -0.4 is 9.92 Å². The van der Waals surface area contributed by atoms with E-state index in [0.717, 1.165) is 10.8 Å². The maximum Gasteiger partial charge on any atom is 0.540 e. The molecule has 0 aromatic heterocycles.